The molecule has 0 unspecified atom stereocenters. The molecule has 0 bridgehead atoms. The molecule has 1 fully saturated rings. The van der Waals surface area contributed by atoms with Crippen molar-refractivity contribution in [2.75, 3.05) is 21.3 Å². The highest BCUT2D eigenvalue weighted by Gasteiger charge is 2.32. The lowest BCUT2D eigenvalue weighted by atomic mass is 9.81. The molecule has 2 aromatic carbocycles. The van der Waals surface area contributed by atoms with Gasteiger partial charge in [0.1, 0.15) is 5.54 Å². The van der Waals surface area contributed by atoms with Crippen molar-refractivity contribution < 1.29 is 19.0 Å². The smallest absolute Gasteiger partial charge is 0.252 e. The van der Waals surface area contributed by atoms with Crippen molar-refractivity contribution in [2.45, 2.75) is 37.6 Å². The Bertz CT molecular complexity index is 1190. The summed E-state index contributed by atoms with van der Waals surface area (Å²) >= 11 is 0. The number of ether oxygens (including phenoxy) is 3. The van der Waals surface area contributed by atoms with Crippen molar-refractivity contribution in [1.29, 1.82) is 0 Å². The number of rotatable bonds is 5. The predicted molar refractivity (Wildman–Crippen MR) is 128 cm³/mol. The number of benzene rings is 2. The minimum Gasteiger partial charge on any atom is -0.493 e. The van der Waals surface area contributed by atoms with E-state index >= 15 is 0 Å². The summed E-state index contributed by atoms with van der Waals surface area (Å²) in [7, 11) is 4.60. The van der Waals surface area contributed by atoms with Crippen LogP contribution in [0, 0.1) is 11.8 Å². The summed E-state index contributed by atoms with van der Waals surface area (Å²) in [5.41, 5.74) is 0.690. The fourth-order valence-electron chi connectivity index (χ4n) is 4.34. The Hall–Kier alpha value is -3.72. The minimum absolute atomic E-state index is 0.221. The Morgan fingerprint density at radius 3 is 2.33 bits per heavy atom. The van der Waals surface area contributed by atoms with Gasteiger partial charge in [0.05, 0.1) is 26.9 Å². The minimum atomic E-state index is -0.604. The molecule has 4 rings (SSSR count). The quantitative estimate of drug-likeness (QED) is 0.576. The summed E-state index contributed by atoms with van der Waals surface area (Å²) in [5, 5.41) is 5.32. The fourth-order valence-corrected chi connectivity index (χ4v) is 4.34. The largest absolute Gasteiger partial charge is 0.493 e. The van der Waals surface area contributed by atoms with Gasteiger partial charge in [0.15, 0.2) is 11.5 Å². The van der Waals surface area contributed by atoms with Gasteiger partial charge in [0, 0.05) is 28.7 Å². The summed E-state index contributed by atoms with van der Waals surface area (Å²) in [5.74, 6) is 7.84. The second-order valence-electron chi connectivity index (χ2n) is 8.17. The second-order valence-corrected chi connectivity index (χ2v) is 8.17. The van der Waals surface area contributed by atoms with Crippen molar-refractivity contribution in [2.24, 2.45) is 0 Å². The van der Waals surface area contributed by atoms with Crippen LogP contribution in [0.25, 0.3) is 10.8 Å². The average Bonchev–Trinajstić information content (AvgIpc) is 2.87. The van der Waals surface area contributed by atoms with E-state index in [1.54, 1.807) is 18.3 Å². The molecule has 170 valence electrons. The van der Waals surface area contributed by atoms with Crippen LogP contribution in [0.1, 0.15) is 48.0 Å². The maximum Gasteiger partial charge on any atom is 0.252 e. The Balaban J connectivity index is 1.68. The first-order valence-corrected chi connectivity index (χ1v) is 11.1. The van der Waals surface area contributed by atoms with Crippen molar-refractivity contribution in [3.05, 3.63) is 59.9 Å². The van der Waals surface area contributed by atoms with Crippen molar-refractivity contribution in [3.8, 4) is 29.1 Å². The summed E-state index contributed by atoms with van der Waals surface area (Å²) in [6.07, 6.45) is 8.38. The van der Waals surface area contributed by atoms with E-state index in [4.69, 9.17) is 14.2 Å². The second kappa shape index (κ2) is 9.83. The van der Waals surface area contributed by atoms with Gasteiger partial charge in [-0.1, -0.05) is 55.4 Å². The van der Waals surface area contributed by atoms with E-state index < -0.39 is 5.54 Å². The van der Waals surface area contributed by atoms with Gasteiger partial charge in [-0.2, -0.15) is 0 Å². The zero-order valence-corrected chi connectivity index (χ0v) is 19.2. The van der Waals surface area contributed by atoms with E-state index in [-0.39, 0.29) is 5.91 Å². The normalized spacial score (nSPS) is 14.6. The van der Waals surface area contributed by atoms with Crippen LogP contribution < -0.4 is 19.5 Å². The summed E-state index contributed by atoms with van der Waals surface area (Å²) in [6.45, 7) is 0. The van der Waals surface area contributed by atoms with E-state index in [9.17, 15) is 4.79 Å². The number of carbonyl (C=O) groups excluding carboxylic acids is 1. The molecule has 0 radical (unpaired) electrons. The highest BCUT2D eigenvalue weighted by Crippen LogP contribution is 2.38. The van der Waals surface area contributed by atoms with Crippen LogP contribution in [0.3, 0.4) is 0 Å². The van der Waals surface area contributed by atoms with Crippen LogP contribution in [-0.4, -0.2) is 37.8 Å². The monoisotopic (exact) mass is 444 g/mol. The molecule has 0 spiro atoms. The Morgan fingerprint density at radius 1 is 0.970 bits per heavy atom. The Kier molecular flexibility index (Phi) is 6.69. The average molecular weight is 445 g/mol. The van der Waals surface area contributed by atoms with Gasteiger partial charge in [-0.3, -0.25) is 9.78 Å². The molecule has 0 saturated heterocycles. The number of fused-ring (bicyclic) bond motifs is 1. The van der Waals surface area contributed by atoms with Crippen LogP contribution in [0.2, 0.25) is 0 Å². The van der Waals surface area contributed by atoms with Gasteiger partial charge >= 0.3 is 0 Å². The van der Waals surface area contributed by atoms with E-state index in [0.717, 1.165) is 48.4 Å². The molecule has 6 heteroatoms. The van der Waals surface area contributed by atoms with Gasteiger partial charge in [-0.25, -0.2) is 0 Å². The fraction of sp³-hybridized carbons (Fsp3) is 0.333. The predicted octanol–water partition coefficient (Wildman–Crippen LogP) is 4.75. The molecule has 1 N–H and O–H groups in total. The van der Waals surface area contributed by atoms with Gasteiger partial charge in [-0.15, -0.1) is 0 Å². The van der Waals surface area contributed by atoms with Crippen molar-refractivity contribution in [1.82, 2.24) is 10.3 Å². The van der Waals surface area contributed by atoms with E-state index in [2.05, 4.69) is 22.1 Å². The molecule has 1 heterocycles. The van der Waals surface area contributed by atoms with Crippen molar-refractivity contribution >= 4 is 16.7 Å². The molecule has 1 saturated carbocycles. The van der Waals surface area contributed by atoms with Gasteiger partial charge < -0.3 is 19.5 Å². The molecule has 1 amide bonds. The Labute approximate surface area is 194 Å². The van der Waals surface area contributed by atoms with Crippen LogP contribution in [0.5, 0.6) is 17.2 Å². The van der Waals surface area contributed by atoms with Gasteiger partial charge in [-0.05, 0) is 25.0 Å². The number of carbonyl (C=O) groups is 1. The lowest BCUT2D eigenvalue weighted by Crippen LogP contribution is -2.48. The summed E-state index contributed by atoms with van der Waals surface area (Å²) in [6, 6.07) is 11.4. The SMILES string of the molecule is COc1cc(C(=O)NC2(C#Cc3cncc4ccccc34)CCCCC2)cc(OC)c1OC. The lowest BCUT2D eigenvalue weighted by molar-refractivity contribution is 0.0903. The Morgan fingerprint density at radius 2 is 1.67 bits per heavy atom. The molecular formula is C27H28N2O4. The number of aromatic nitrogens is 1. The number of amides is 1. The lowest BCUT2D eigenvalue weighted by Gasteiger charge is -2.33. The molecule has 1 aliphatic carbocycles. The molecule has 1 aliphatic rings. The molecule has 33 heavy (non-hydrogen) atoms. The number of methoxy groups -OCH3 is 3. The van der Waals surface area contributed by atoms with E-state index in [1.165, 1.54) is 21.3 Å². The first kappa shape index (κ1) is 22.5. The molecule has 1 aromatic heterocycles. The van der Waals surface area contributed by atoms with E-state index in [1.807, 2.05) is 30.5 Å². The van der Waals surface area contributed by atoms with Crippen molar-refractivity contribution in [3.63, 3.8) is 0 Å². The van der Waals surface area contributed by atoms with E-state index in [0.29, 0.717) is 22.8 Å². The highest BCUT2D eigenvalue weighted by atomic mass is 16.5. The molecular weight excluding hydrogens is 416 g/mol. The van der Waals surface area contributed by atoms with Crippen LogP contribution >= 0.6 is 0 Å². The first-order valence-electron chi connectivity index (χ1n) is 11.1. The number of nitrogens with one attached hydrogen (secondary N) is 1. The third-order valence-electron chi connectivity index (χ3n) is 6.09. The molecule has 3 aromatic rings. The highest BCUT2D eigenvalue weighted by molar-refractivity contribution is 5.96. The van der Waals surface area contributed by atoms with Crippen LogP contribution in [0.15, 0.2) is 48.8 Å². The standard InChI is InChI=1S/C27H28N2O4/c1-31-23-15-21(16-24(32-2)25(23)33-3)26(30)29-27(12-7-4-8-13-27)14-11-20-18-28-17-19-9-5-6-10-22(19)20/h5-6,9-10,15-18H,4,7-8,12-13H2,1-3H3,(H,29,30). The van der Waals surface area contributed by atoms with Gasteiger partial charge in [0.25, 0.3) is 5.91 Å². The molecule has 6 nitrogen and oxygen atoms in total. The zero-order valence-electron chi connectivity index (χ0n) is 19.2. The third kappa shape index (κ3) is 4.73. The molecule has 0 atom stereocenters. The maximum absolute atomic E-state index is 13.3. The first-order chi connectivity index (χ1) is 16.1. The summed E-state index contributed by atoms with van der Waals surface area (Å²) < 4.78 is 16.2. The number of hydrogen-bond donors (Lipinski definition) is 1. The van der Waals surface area contributed by atoms with Crippen LogP contribution in [-0.2, 0) is 0 Å². The zero-order chi connectivity index (χ0) is 23.3. The number of pyridine rings is 1. The number of hydrogen-bond acceptors (Lipinski definition) is 5. The summed E-state index contributed by atoms with van der Waals surface area (Å²) in [4.78, 5) is 17.7. The third-order valence-corrected chi connectivity index (χ3v) is 6.09. The molecule has 0 aliphatic heterocycles. The van der Waals surface area contributed by atoms with Gasteiger partial charge in [0.2, 0.25) is 5.75 Å². The maximum atomic E-state index is 13.3. The van der Waals surface area contributed by atoms with Crippen LogP contribution in [0.4, 0.5) is 0 Å². The topological polar surface area (TPSA) is 69.7 Å². The number of nitrogens with zero attached hydrogens (tertiary/aromatic N) is 1.